The minimum Gasteiger partial charge on any atom is -0.507 e. The summed E-state index contributed by atoms with van der Waals surface area (Å²) < 4.78 is 11.8. The summed E-state index contributed by atoms with van der Waals surface area (Å²) in [6.45, 7) is 11.9. The van der Waals surface area contributed by atoms with Crippen molar-refractivity contribution in [1.29, 1.82) is 0 Å². The van der Waals surface area contributed by atoms with E-state index < -0.39 is 0 Å². The summed E-state index contributed by atoms with van der Waals surface area (Å²) in [4.78, 5) is 0. The molecule has 0 spiro atoms. The lowest BCUT2D eigenvalue weighted by Gasteiger charge is -2.33. The van der Waals surface area contributed by atoms with Crippen molar-refractivity contribution >= 4 is 21.5 Å². The zero-order chi connectivity index (χ0) is 40.1. The summed E-state index contributed by atoms with van der Waals surface area (Å²) >= 11 is 0. The first-order chi connectivity index (χ1) is 26.6. The fraction of sp³-hybridized carbons (Fsp3) is 0.304. The van der Waals surface area contributed by atoms with Crippen LogP contribution in [0.5, 0.6) is 46.0 Å². The highest BCUT2D eigenvalue weighted by Crippen LogP contribution is 2.56. The summed E-state index contributed by atoms with van der Waals surface area (Å²) in [7, 11) is 3.07. The second kappa shape index (κ2) is 13.4. The van der Waals surface area contributed by atoms with E-state index in [1.54, 1.807) is 6.07 Å². The number of rotatable bonds is 5. The number of phenolic OH excluding ortho intramolecular Hbond substituents is 6. The molecule has 10 heteroatoms. The van der Waals surface area contributed by atoms with Gasteiger partial charge in [-0.25, -0.2) is 0 Å². The van der Waals surface area contributed by atoms with Crippen LogP contribution < -0.4 is 20.1 Å². The predicted octanol–water partition coefficient (Wildman–Crippen LogP) is 9.05. The molecular weight excluding hydrogens is 709 g/mol. The Balaban J connectivity index is 1.60. The third kappa shape index (κ3) is 5.61. The number of benzene rings is 6. The Hall–Kier alpha value is -5.84. The van der Waals surface area contributed by atoms with Crippen LogP contribution in [0.15, 0.2) is 48.5 Å². The number of hydrogen-bond donors (Lipinski definition) is 8. The van der Waals surface area contributed by atoms with Gasteiger partial charge in [-0.15, -0.1) is 0 Å². The van der Waals surface area contributed by atoms with Gasteiger partial charge in [-0.3, -0.25) is 0 Å². The molecule has 0 unspecified atom stereocenters. The van der Waals surface area contributed by atoms with Crippen molar-refractivity contribution in [2.24, 2.45) is 0 Å². The van der Waals surface area contributed by atoms with Crippen LogP contribution in [0.25, 0.3) is 54.9 Å². The molecule has 2 aliphatic rings. The van der Waals surface area contributed by atoms with Crippen LogP contribution in [0, 0.1) is 13.8 Å². The number of fused-ring (bicyclic) bond motifs is 4. The molecule has 0 saturated carbocycles. The number of nitrogens with one attached hydrogen (secondary N) is 2. The molecule has 2 aliphatic heterocycles. The average Bonchev–Trinajstić information content (AvgIpc) is 3.11. The first-order valence-corrected chi connectivity index (χ1v) is 19.0. The summed E-state index contributed by atoms with van der Waals surface area (Å²) in [5.74, 6) is 0.259. The predicted molar refractivity (Wildman–Crippen MR) is 220 cm³/mol. The van der Waals surface area contributed by atoms with E-state index in [-0.39, 0.29) is 58.7 Å². The maximum Gasteiger partial charge on any atom is 0.135 e. The van der Waals surface area contributed by atoms with Crippen molar-refractivity contribution in [3.05, 3.63) is 81.9 Å². The molecule has 0 aromatic heterocycles. The second-order valence-corrected chi connectivity index (χ2v) is 15.8. The Kier molecular flexibility index (Phi) is 8.89. The largest absolute Gasteiger partial charge is 0.507 e. The Morgan fingerprint density at radius 2 is 1.00 bits per heavy atom. The van der Waals surface area contributed by atoms with Gasteiger partial charge < -0.3 is 50.7 Å². The molecule has 0 radical (unpaired) electrons. The summed E-state index contributed by atoms with van der Waals surface area (Å²) in [5.41, 5.74) is 7.32. The van der Waals surface area contributed by atoms with Crippen LogP contribution in [-0.4, -0.2) is 56.9 Å². The van der Waals surface area contributed by atoms with Crippen LogP contribution in [0.4, 0.5) is 0 Å². The molecule has 0 aliphatic carbocycles. The monoisotopic (exact) mass is 756 g/mol. The average molecular weight is 757 g/mol. The lowest BCUT2D eigenvalue weighted by Crippen LogP contribution is -2.36. The van der Waals surface area contributed by atoms with Gasteiger partial charge in [0.15, 0.2) is 0 Å². The number of ether oxygens (including phenoxy) is 2. The smallest absolute Gasteiger partial charge is 0.135 e. The Morgan fingerprint density at radius 1 is 0.500 bits per heavy atom. The van der Waals surface area contributed by atoms with E-state index in [2.05, 4.69) is 17.6 Å². The van der Waals surface area contributed by atoms with Crippen LogP contribution in [0.3, 0.4) is 0 Å². The van der Waals surface area contributed by atoms with Gasteiger partial charge in [0.2, 0.25) is 0 Å². The molecule has 6 aromatic rings. The Morgan fingerprint density at radius 3 is 1.55 bits per heavy atom. The maximum absolute atomic E-state index is 12.6. The van der Waals surface area contributed by atoms with Crippen molar-refractivity contribution in [2.45, 2.75) is 78.6 Å². The van der Waals surface area contributed by atoms with Gasteiger partial charge in [0.05, 0.1) is 25.0 Å². The van der Waals surface area contributed by atoms with Gasteiger partial charge in [0.1, 0.15) is 46.0 Å². The quantitative estimate of drug-likeness (QED) is 0.0852. The molecule has 0 amide bonds. The highest BCUT2D eigenvalue weighted by atomic mass is 16.5. The molecule has 2 heterocycles. The summed E-state index contributed by atoms with van der Waals surface area (Å²) in [6, 6.07) is 13.2. The molecule has 4 atom stereocenters. The number of hydrogen-bond acceptors (Lipinski definition) is 10. The fourth-order valence-electron chi connectivity index (χ4n) is 9.66. The standard InChI is InChI=1S/C46H48N2O8/c1-19-9-25-26(41-30-13-21(3)47-23(5)39(30)33(50)17-35(41)52)15-28(46(54)45(25)38(12-19)56-8)27-16-32(49)43-29(10-20(2)11-37(43)55-7)42(27)44-31-14-22(4)48-24(6)40(31)34(51)18-36(44)53/h9-12,15-18,21-24,47-54H,13-14H2,1-8H3/t21-,22-,23-,24-/m1/s1. The molecule has 56 heavy (non-hydrogen) atoms. The minimum atomic E-state index is -0.243. The van der Waals surface area contributed by atoms with E-state index in [1.807, 2.05) is 65.0 Å². The number of aryl methyl sites for hydroxylation is 2. The highest BCUT2D eigenvalue weighted by molar-refractivity contribution is 6.15. The van der Waals surface area contributed by atoms with Crippen molar-refractivity contribution < 1.29 is 40.1 Å². The molecule has 6 aromatic carbocycles. The van der Waals surface area contributed by atoms with Gasteiger partial charge in [-0.1, -0.05) is 12.1 Å². The van der Waals surface area contributed by atoms with E-state index in [0.717, 1.165) is 22.3 Å². The van der Waals surface area contributed by atoms with Crippen molar-refractivity contribution in [3.8, 4) is 79.4 Å². The molecular formula is C46H48N2O8. The lowest BCUT2D eigenvalue weighted by molar-refractivity contribution is 0.401. The van der Waals surface area contributed by atoms with E-state index in [4.69, 9.17) is 9.47 Å². The fourth-order valence-corrected chi connectivity index (χ4v) is 9.66. The van der Waals surface area contributed by atoms with E-state index in [9.17, 15) is 30.6 Å². The van der Waals surface area contributed by atoms with Crippen LogP contribution >= 0.6 is 0 Å². The minimum absolute atomic E-state index is 0.00310. The lowest BCUT2D eigenvalue weighted by atomic mass is 9.78. The van der Waals surface area contributed by atoms with Crippen molar-refractivity contribution in [3.63, 3.8) is 0 Å². The molecule has 0 fully saturated rings. The van der Waals surface area contributed by atoms with Crippen LogP contribution in [-0.2, 0) is 12.8 Å². The van der Waals surface area contributed by atoms with Crippen LogP contribution in [0.2, 0.25) is 0 Å². The van der Waals surface area contributed by atoms with Gasteiger partial charge in [0, 0.05) is 69.7 Å². The van der Waals surface area contributed by atoms with Gasteiger partial charge >= 0.3 is 0 Å². The highest BCUT2D eigenvalue weighted by Gasteiger charge is 2.34. The zero-order valence-electron chi connectivity index (χ0n) is 32.8. The van der Waals surface area contributed by atoms with E-state index in [1.165, 1.54) is 26.4 Å². The van der Waals surface area contributed by atoms with Gasteiger partial charge in [0.25, 0.3) is 0 Å². The number of methoxy groups -OCH3 is 2. The third-order valence-corrected chi connectivity index (χ3v) is 11.7. The van der Waals surface area contributed by atoms with Crippen LogP contribution in [0.1, 0.15) is 73.2 Å². The van der Waals surface area contributed by atoms with Gasteiger partial charge in [-0.2, -0.15) is 0 Å². The maximum atomic E-state index is 12.6. The normalized spacial score (nSPS) is 19.2. The first-order valence-electron chi connectivity index (χ1n) is 19.0. The van der Waals surface area contributed by atoms with E-state index >= 15 is 0 Å². The van der Waals surface area contributed by atoms with Gasteiger partial charge in [-0.05, 0) is 123 Å². The Bertz CT molecular complexity index is 2630. The molecule has 10 nitrogen and oxygen atoms in total. The Labute approximate surface area is 325 Å². The topological polar surface area (TPSA) is 164 Å². The third-order valence-electron chi connectivity index (χ3n) is 11.7. The second-order valence-electron chi connectivity index (χ2n) is 15.8. The first kappa shape index (κ1) is 37.1. The molecule has 0 bridgehead atoms. The molecule has 290 valence electrons. The van der Waals surface area contributed by atoms with Crippen molar-refractivity contribution in [1.82, 2.24) is 10.6 Å². The number of aromatic hydroxyl groups is 6. The number of phenols is 6. The van der Waals surface area contributed by atoms with E-state index in [0.29, 0.717) is 90.4 Å². The molecule has 8 N–H and O–H groups in total. The summed E-state index contributed by atoms with van der Waals surface area (Å²) in [5, 5.41) is 79.8. The molecule has 0 saturated heterocycles. The summed E-state index contributed by atoms with van der Waals surface area (Å²) in [6.07, 6.45) is 0.984. The molecule has 8 rings (SSSR count). The van der Waals surface area contributed by atoms with Crippen molar-refractivity contribution in [2.75, 3.05) is 14.2 Å². The zero-order valence-corrected chi connectivity index (χ0v) is 32.8. The SMILES string of the molecule is COc1cc(C)cc2c(-c3c(O)cc(O)c4c3C[C@@H](C)N[C@@H]4C)c(-c3cc(-c4c(O)cc(O)c5c4C[C@@H](C)N[C@@H]5C)c4cc(C)cc(OC)c4c3O)cc(O)c12.